The Balaban J connectivity index is 1.30. The van der Waals surface area contributed by atoms with Gasteiger partial charge in [-0.05, 0) is 55.3 Å². The molecule has 0 amide bonds. The number of hydrogen-bond acceptors (Lipinski definition) is 10. The Morgan fingerprint density at radius 3 is 2.73 bits per heavy atom. The zero-order chi connectivity index (χ0) is 25.8. The van der Waals surface area contributed by atoms with Gasteiger partial charge in [-0.1, -0.05) is 0 Å². The van der Waals surface area contributed by atoms with Gasteiger partial charge >= 0.3 is 0 Å². The molecule has 0 unspecified atom stereocenters. The Morgan fingerprint density at radius 2 is 1.89 bits per heavy atom. The maximum Gasteiger partial charge on any atom is 0.258 e. The lowest BCUT2D eigenvalue weighted by atomic mass is 9.92. The lowest BCUT2D eigenvalue weighted by Crippen LogP contribution is -2.38. The molecule has 0 aliphatic carbocycles. The molecule has 3 aromatic rings. The number of hydrogen-bond donors (Lipinski definition) is 2. The molecule has 10 heteroatoms. The Hall–Kier alpha value is -3.47. The molecule has 2 aliphatic heterocycles. The highest BCUT2D eigenvalue weighted by Gasteiger charge is 2.18. The van der Waals surface area contributed by atoms with Crippen molar-refractivity contribution in [2.24, 2.45) is 0 Å². The molecular weight excluding hydrogens is 470 g/mol. The number of pyridine rings is 1. The van der Waals surface area contributed by atoms with Crippen LogP contribution in [0.25, 0.3) is 11.3 Å². The fraction of sp³-hybridized carbons (Fsp3) is 0.444. The van der Waals surface area contributed by atoms with E-state index in [-0.39, 0.29) is 18.3 Å². The summed E-state index contributed by atoms with van der Waals surface area (Å²) in [6.07, 6.45) is 4.40. The van der Waals surface area contributed by atoms with Gasteiger partial charge in [0.2, 0.25) is 0 Å². The highest BCUT2D eigenvalue weighted by Crippen LogP contribution is 2.31. The standard InChI is InChI=1S/C27H35N7O3/c1-18-13-20(14-21-16-33(2)6-4-22(18)21)23-15-31-26(29)27(32-23)37-17-19-3-5-30-25(28)24(19)36-12-9-34-7-10-35-11-8-34/h3,5,13-15H,4,6-12,16-17H2,1-2H3,(H2,28,30)(H2,29,31). The van der Waals surface area contributed by atoms with Crippen molar-refractivity contribution in [3.63, 3.8) is 0 Å². The molecule has 4 N–H and O–H groups in total. The fourth-order valence-corrected chi connectivity index (χ4v) is 4.87. The highest BCUT2D eigenvalue weighted by molar-refractivity contribution is 5.64. The highest BCUT2D eigenvalue weighted by atomic mass is 16.5. The van der Waals surface area contributed by atoms with Crippen LogP contribution in [0.4, 0.5) is 11.6 Å². The number of anilines is 2. The topological polar surface area (TPSA) is 125 Å². The second kappa shape index (κ2) is 11.3. The monoisotopic (exact) mass is 505 g/mol. The summed E-state index contributed by atoms with van der Waals surface area (Å²) in [5.41, 5.74) is 18.8. The quantitative estimate of drug-likeness (QED) is 0.471. The molecule has 0 atom stereocenters. The van der Waals surface area contributed by atoms with Crippen molar-refractivity contribution in [2.45, 2.75) is 26.5 Å². The smallest absolute Gasteiger partial charge is 0.258 e. The van der Waals surface area contributed by atoms with Gasteiger partial charge in [0.05, 0.1) is 25.1 Å². The number of rotatable bonds is 8. The van der Waals surface area contributed by atoms with E-state index in [9.17, 15) is 0 Å². The Kier molecular flexibility index (Phi) is 7.68. The van der Waals surface area contributed by atoms with Crippen molar-refractivity contribution >= 4 is 11.6 Å². The molecule has 10 nitrogen and oxygen atoms in total. The summed E-state index contributed by atoms with van der Waals surface area (Å²) in [5, 5.41) is 0. The molecule has 5 rings (SSSR count). The molecule has 0 spiro atoms. The van der Waals surface area contributed by atoms with Gasteiger partial charge in [-0.25, -0.2) is 15.0 Å². The average Bonchev–Trinajstić information content (AvgIpc) is 2.89. The largest absolute Gasteiger partial charge is 0.488 e. The van der Waals surface area contributed by atoms with Gasteiger partial charge < -0.3 is 30.6 Å². The summed E-state index contributed by atoms with van der Waals surface area (Å²) in [6, 6.07) is 6.20. The molecule has 1 fully saturated rings. The number of fused-ring (bicyclic) bond motifs is 1. The number of ether oxygens (including phenoxy) is 3. The molecule has 0 radical (unpaired) electrons. The molecule has 1 saturated heterocycles. The SMILES string of the molecule is Cc1cc(-c2cnc(N)c(OCc3ccnc(N)c3OCCN3CCOCC3)n2)cc2c1CCN(C)C2. The van der Waals surface area contributed by atoms with Crippen LogP contribution in [0.2, 0.25) is 0 Å². The first-order valence-electron chi connectivity index (χ1n) is 12.7. The van der Waals surface area contributed by atoms with Crippen LogP contribution in [0, 0.1) is 6.92 Å². The summed E-state index contributed by atoms with van der Waals surface area (Å²) in [7, 11) is 2.15. The lowest BCUT2D eigenvalue weighted by Gasteiger charge is -2.27. The fourth-order valence-electron chi connectivity index (χ4n) is 4.87. The summed E-state index contributed by atoms with van der Waals surface area (Å²) in [5.74, 6) is 1.35. The molecular formula is C27H35N7O3. The molecule has 37 heavy (non-hydrogen) atoms. The van der Waals surface area contributed by atoms with Gasteiger partial charge in [0.25, 0.3) is 5.88 Å². The molecule has 4 heterocycles. The van der Waals surface area contributed by atoms with Gasteiger partial charge in [-0.2, -0.15) is 0 Å². The van der Waals surface area contributed by atoms with Crippen molar-refractivity contribution in [1.29, 1.82) is 0 Å². The van der Waals surface area contributed by atoms with Crippen molar-refractivity contribution < 1.29 is 14.2 Å². The molecule has 0 bridgehead atoms. The van der Waals surface area contributed by atoms with E-state index in [0.29, 0.717) is 18.2 Å². The second-order valence-electron chi connectivity index (χ2n) is 9.64. The van der Waals surface area contributed by atoms with Crippen LogP contribution >= 0.6 is 0 Å². The van der Waals surface area contributed by atoms with E-state index in [0.717, 1.165) is 69.2 Å². The minimum atomic E-state index is 0.177. The van der Waals surface area contributed by atoms with E-state index < -0.39 is 0 Å². The van der Waals surface area contributed by atoms with E-state index in [4.69, 9.17) is 30.7 Å². The van der Waals surface area contributed by atoms with Crippen LogP contribution in [0.3, 0.4) is 0 Å². The minimum Gasteiger partial charge on any atom is -0.488 e. The van der Waals surface area contributed by atoms with E-state index in [1.165, 1.54) is 16.7 Å². The first kappa shape index (κ1) is 25.2. The normalized spacial score (nSPS) is 16.4. The Labute approximate surface area is 217 Å². The van der Waals surface area contributed by atoms with E-state index >= 15 is 0 Å². The number of benzene rings is 1. The zero-order valence-corrected chi connectivity index (χ0v) is 21.6. The minimum absolute atomic E-state index is 0.177. The number of nitrogens with zero attached hydrogens (tertiary/aromatic N) is 5. The predicted molar refractivity (Wildman–Crippen MR) is 142 cm³/mol. The van der Waals surface area contributed by atoms with Gasteiger partial charge in [-0.3, -0.25) is 4.90 Å². The van der Waals surface area contributed by atoms with E-state index in [1.54, 1.807) is 12.4 Å². The third-order valence-electron chi connectivity index (χ3n) is 6.95. The van der Waals surface area contributed by atoms with Crippen molar-refractivity contribution in [1.82, 2.24) is 24.8 Å². The number of likely N-dealkylation sites (N-methyl/N-ethyl adjacent to an activating group) is 1. The van der Waals surface area contributed by atoms with Crippen LogP contribution < -0.4 is 20.9 Å². The van der Waals surface area contributed by atoms with E-state index in [2.05, 4.69) is 45.9 Å². The number of nitrogen functional groups attached to an aromatic ring is 2. The molecule has 196 valence electrons. The van der Waals surface area contributed by atoms with Crippen LogP contribution in [0.1, 0.15) is 22.3 Å². The third kappa shape index (κ3) is 5.93. The number of morpholine rings is 1. The molecule has 2 aliphatic rings. The number of aromatic nitrogens is 3. The summed E-state index contributed by atoms with van der Waals surface area (Å²) < 4.78 is 17.5. The van der Waals surface area contributed by atoms with Crippen molar-refractivity contribution in [3.05, 3.63) is 52.8 Å². The van der Waals surface area contributed by atoms with Gasteiger partial charge in [0, 0.05) is 50.0 Å². The summed E-state index contributed by atoms with van der Waals surface area (Å²) in [6.45, 7) is 8.91. The Morgan fingerprint density at radius 1 is 1.05 bits per heavy atom. The predicted octanol–water partition coefficient (Wildman–Crippen LogP) is 2.29. The first-order chi connectivity index (χ1) is 18.0. The van der Waals surface area contributed by atoms with Gasteiger partial charge in [0.1, 0.15) is 13.2 Å². The van der Waals surface area contributed by atoms with Crippen LogP contribution in [-0.4, -0.2) is 77.8 Å². The van der Waals surface area contributed by atoms with Gasteiger partial charge in [0.15, 0.2) is 17.4 Å². The zero-order valence-electron chi connectivity index (χ0n) is 21.6. The maximum absolute atomic E-state index is 6.14. The molecule has 0 saturated carbocycles. The van der Waals surface area contributed by atoms with Crippen LogP contribution in [0.5, 0.6) is 11.6 Å². The maximum atomic E-state index is 6.14. The first-order valence-corrected chi connectivity index (χ1v) is 12.7. The van der Waals surface area contributed by atoms with E-state index in [1.807, 2.05) is 6.07 Å². The number of aryl methyl sites for hydroxylation is 1. The van der Waals surface area contributed by atoms with Crippen molar-refractivity contribution in [2.75, 3.05) is 64.5 Å². The Bertz CT molecular complexity index is 1250. The van der Waals surface area contributed by atoms with Crippen LogP contribution in [-0.2, 0) is 24.3 Å². The average molecular weight is 506 g/mol. The second-order valence-corrected chi connectivity index (χ2v) is 9.64. The third-order valence-corrected chi connectivity index (χ3v) is 6.95. The number of nitrogens with two attached hydrogens (primary N) is 2. The van der Waals surface area contributed by atoms with Gasteiger partial charge in [-0.15, -0.1) is 0 Å². The van der Waals surface area contributed by atoms with Crippen molar-refractivity contribution in [3.8, 4) is 22.9 Å². The van der Waals surface area contributed by atoms with Crippen LogP contribution in [0.15, 0.2) is 30.6 Å². The summed E-state index contributed by atoms with van der Waals surface area (Å²) in [4.78, 5) is 17.9. The molecule has 2 aromatic heterocycles. The lowest BCUT2D eigenvalue weighted by molar-refractivity contribution is 0.0322. The summed E-state index contributed by atoms with van der Waals surface area (Å²) >= 11 is 0. The molecule has 1 aromatic carbocycles.